The molecular weight excluding hydrogens is 230 g/mol. The molecule has 0 aromatic carbocycles. The van der Waals surface area contributed by atoms with E-state index in [1.54, 1.807) is 25.2 Å². The number of morpholine rings is 1. The molecule has 1 aliphatic heterocycles. The first-order chi connectivity index (χ1) is 8.58. The van der Waals surface area contributed by atoms with Gasteiger partial charge >= 0.3 is 0 Å². The molecule has 1 fully saturated rings. The maximum atomic E-state index is 11.7. The fourth-order valence-corrected chi connectivity index (χ4v) is 1.94. The molecular formula is C13H19N3O2. The average molecular weight is 249 g/mol. The summed E-state index contributed by atoms with van der Waals surface area (Å²) in [4.78, 5) is 19.8. The first-order valence-electron chi connectivity index (χ1n) is 6.05. The number of hydrogen-bond donors (Lipinski definition) is 0. The van der Waals surface area contributed by atoms with E-state index < -0.39 is 0 Å². The molecule has 1 aliphatic rings. The smallest absolute Gasteiger partial charge is 0.254 e. The Morgan fingerprint density at radius 3 is 2.83 bits per heavy atom. The molecule has 98 valence electrons. The zero-order valence-electron chi connectivity index (χ0n) is 11.1. The summed E-state index contributed by atoms with van der Waals surface area (Å²) in [5, 5.41) is 0. The van der Waals surface area contributed by atoms with E-state index in [9.17, 15) is 4.79 Å². The normalized spacial score (nSPS) is 20.7. The first-order valence-corrected chi connectivity index (χ1v) is 6.05. The zero-order valence-corrected chi connectivity index (χ0v) is 11.1. The fourth-order valence-electron chi connectivity index (χ4n) is 1.94. The van der Waals surface area contributed by atoms with Crippen molar-refractivity contribution in [3.63, 3.8) is 0 Å². The fraction of sp³-hybridized carbons (Fsp3) is 0.538. The Labute approximate surface area is 107 Å². The number of carbonyl (C=O) groups excluding carboxylic acids is 1. The number of hydrogen-bond acceptors (Lipinski definition) is 4. The third-order valence-corrected chi connectivity index (χ3v) is 3.04. The Kier molecular flexibility index (Phi) is 3.93. The van der Waals surface area contributed by atoms with Crippen molar-refractivity contribution < 1.29 is 9.53 Å². The molecule has 0 spiro atoms. The summed E-state index contributed by atoms with van der Waals surface area (Å²) < 4.78 is 5.68. The van der Waals surface area contributed by atoms with E-state index >= 15 is 0 Å². The van der Waals surface area contributed by atoms with Crippen LogP contribution in [0.5, 0.6) is 0 Å². The highest BCUT2D eigenvalue weighted by molar-refractivity contribution is 5.93. The third kappa shape index (κ3) is 2.86. The summed E-state index contributed by atoms with van der Waals surface area (Å²) in [6.07, 6.45) is 1.63. The van der Waals surface area contributed by atoms with Crippen molar-refractivity contribution in [3.05, 3.63) is 29.6 Å². The van der Waals surface area contributed by atoms with Gasteiger partial charge in [0.15, 0.2) is 0 Å². The molecule has 0 aliphatic carbocycles. The van der Waals surface area contributed by atoms with E-state index in [1.165, 1.54) is 0 Å². The Morgan fingerprint density at radius 1 is 1.50 bits per heavy atom. The summed E-state index contributed by atoms with van der Waals surface area (Å²) in [6.45, 7) is 2.52. The van der Waals surface area contributed by atoms with Gasteiger partial charge in [0.1, 0.15) is 6.10 Å². The van der Waals surface area contributed by atoms with Crippen molar-refractivity contribution in [1.29, 1.82) is 0 Å². The number of nitrogens with zero attached hydrogens (tertiary/aromatic N) is 3. The predicted octanol–water partition coefficient (Wildman–Crippen LogP) is 0.786. The van der Waals surface area contributed by atoms with Crippen molar-refractivity contribution in [2.45, 2.75) is 6.10 Å². The number of likely N-dealkylation sites (N-methyl/N-ethyl adjacent to an activating group) is 1. The molecule has 1 aromatic heterocycles. The molecule has 1 atom stereocenters. The number of carbonyl (C=O) groups is 1. The summed E-state index contributed by atoms with van der Waals surface area (Å²) in [6, 6.07) is 3.68. The van der Waals surface area contributed by atoms with E-state index in [-0.39, 0.29) is 12.0 Å². The second kappa shape index (κ2) is 5.46. The van der Waals surface area contributed by atoms with E-state index in [0.29, 0.717) is 5.56 Å². The van der Waals surface area contributed by atoms with Gasteiger partial charge in [0.25, 0.3) is 5.91 Å². The number of aromatic nitrogens is 1. The molecule has 0 saturated carbocycles. The number of ether oxygens (including phenoxy) is 1. The second-order valence-electron chi connectivity index (χ2n) is 4.79. The van der Waals surface area contributed by atoms with Crippen LogP contribution in [0.1, 0.15) is 22.2 Å². The van der Waals surface area contributed by atoms with E-state index in [4.69, 9.17) is 4.74 Å². The summed E-state index contributed by atoms with van der Waals surface area (Å²) >= 11 is 0. The van der Waals surface area contributed by atoms with Crippen molar-refractivity contribution in [2.75, 3.05) is 40.8 Å². The van der Waals surface area contributed by atoms with Crippen LogP contribution < -0.4 is 0 Å². The maximum absolute atomic E-state index is 11.7. The van der Waals surface area contributed by atoms with Crippen LogP contribution in [0.2, 0.25) is 0 Å². The van der Waals surface area contributed by atoms with Gasteiger partial charge < -0.3 is 14.5 Å². The number of rotatable bonds is 2. The number of amides is 1. The van der Waals surface area contributed by atoms with Crippen LogP contribution >= 0.6 is 0 Å². The zero-order chi connectivity index (χ0) is 13.1. The Balaban J connectivity index is 2.10. The van der Waals surface area contributed by atoms with Crippen LogP contribution in [0.3, 0.4) is 0 Å². The van der Waals surface area contributed by atoms with Gasteiger partial charge in [-0.05, 0) is 19.2 Å². The van der Waals surface area contributed by atoms with E-state index in [1.807, 2.05) is 12.1 Å². The maximum Gasteiger partial charge on any atom is 0.254 e. The van der Waals surface area contributed by atoms with E-state index in [2.05, 4.69) is 16.9 Å². The summed E-state index contributed by atoms with van der Waals surface area (Å²) in [5.74, 6) is -0.0317. The minimum absolute atomic E-state index is 0.00672. The lowest BCUT2D eigenvalue weighted by Gasteiger charge is -2.29. The van der Waals surface area contributed by atoms with Gasteiger partial charge in [0.05, 0.1) is 17.9 Å². The molecule has 0 radical (unpaired) electrons. The van der Waals surface area contributed by atoms with Gasteiger partial charge in [-0.25, -0.2) is 0 Å². The van der Waals surface area contributed by atoms with Gasteiger partial charge in [0.2, 0.25) is 0 Å². The first kappa shape index (κ1) is 13.0. The molecule has 0 N–H and O–H groups in total. The lowest BCUT2D eigenvalue weighted by atomic mass is 10.1. The summed E-state index contributed by atoms with van der Waals surface area (Å²) in [7, 11) is 5.53. The second-order valence-corrected chi connectivity index (χ2v) is 4.79. The van der Waals surface area contributed by atoms with Gasteiger partial charge in [-0.2, -0.15) is 0 Å². The van der Waals surface area contributed by atoms with E-state index in [0.717, 1.165) is 25.4 Å². The van der Waals surface area contributed by atoms with Gasteiger partial charge in [-0.3, -0.25) is 9.78 Å². The average Bonchev–Trinajstić information content (AvgIpc) is 2.38. The number of pyridine rings is 1. The van der Waals surface area contributed by atoms with Crippen LogP contribution in [-0.2, 0) is 4.74 Å². The van der Waals surface area contributed by atoms with Crippen molar-refractivity contribution >= 4 is 5.91 Å². The Bertz CT molecular complexity index is 417. The minimum atomic E-state index is -0.0317. The van der Waals surface area contributed by atoms with Crippen molar-refractivity contribution in [2.24, 2.45) is 0 Å². The molecule has 0 unspecified atom stereocenters. The standard InChI is InChI=1S/C13H19N3O2/c1-15(2)13(17)10-4-5-11(14-8-10)12-9-16(3)6-7-18-12/h4-5,8,12H,6-7,9H2,1-3H3/t12-/m0/s1. The van der Waals surface area contributed by atoms with Crippen LogP contribution in [0.25, 0.3) is 0 Å². The summed E-state index contributed by atoms with van der Waals surface area (Å²) in [5.41, 5.74) is 1.49. The predicted molar refractivity (Wildman–Crippen MR) is 68.4 cm³/mol. The molecule has 5 nitrogen and oxygen atoms in total. The Morgan fingerprint density at radius 2 is 2.28 bits per heavy atom. The van der Waals surface area contributed by atoms with Crippen LogP contribution in [0.4, 0.5) is 0 Å². The highest BCUT2D eigenvalue weighted by Gasteiger charge is 2.20. The van der Waals surface area contributed by atoms with Crippen LogP contribution in [-0.4, -0.2) is 61.5 Å². The van der Waals surface area contributed by atoms with Gasteiger partial charge in [0, 0.05) is 33.4 Å². The van der Waals surface area contributed by atoms with Crippen LogP contribution in [0, 0.1) is 0 Å². The van der Waals surface area contributed by atoms with Crippen molar-refractivity contribution in [3.8, 4) is 0 Å². The highest BCUT2D eigenvalue weighted by atomic mass is 16.5. The Hall–Kier alpha value is -1.46. The minimum Gasteiger partial charge on any atom is -0.369 e. The molecule has 2 rings (SSSR count). The highest BCUT2D eigenvalue weighted by Crippen LogP contribution is 2.19. The van der Waals surface area contributed by atoms with Gasteiger partial charge in [-0.15, -0.1) is 0 Å². The van der Waals surface area contributed by atoms with Gasteiger partial charge in [-0.1, -0.05) is 0 Å². The monoisotopic (exact) mass is 249 g/mol. The molecule has 0 bridgehead atoms. The van der Waals surface area contributed by atoms with Crippen molar-refractivity contribution in [1.82, 2.24) is 14.8 Å². The topological polar surface area (TPSA) is 45.7 Å². The third-order valence-electron chi connectivity index (χ3n) is 3.04. The lowest BCUT2D eigenvalue weighted by Crippen LogP contribution is -2.35. The molecule has 1 aromatic rings. The molecule has 2 heterocycles. The largest absolute Gasteiger partial charge is 0.369 e. The molecule has 18 heavy (non-hydrogen) atoms. The lowest BCUT2D eigenvalue weighted by molar-refractivity contribution is -0.0231. The molecule has 5 heteroatoms. The van der Waals surface area contributed by atoms with Crippen LogP contribution in [0.15, 0.2) is 18.3 Å². The molecule has 1 saturated heterocycles. The quantitative estimate of drug-likeness (QED) is 0.777. The SMILES string of the molecule is CN1CCO[C@H](c2ccc(C(=O)N(C)C)cn2)C1. The molecule has 1 amide bonds.